The van der Waals surface area contributed by atoms with E-state index in [1.807, 2.05) is 32.0 Å². The van der Waals surface area contributed by atoms with Crippen molar-refractivity contribution >= 4 is 44.1 Å². The van der Waals surface area contributed by atoms with Crippen LogP contribution in [0.4, 0.5) is 5.13 Å². The summed E-state index contributed by atoms with van der Waals surface area (Å²) in [6.45, 7) is 3.94. The van der Waals surface area contributed by atoms with Crippen LogP contribution in [0, 0.1) is 6.92 Å². The van der Waals surface area contributed by atoms with Crippen LogP contribution in [0.25, 0.3) is 16.0 Å². The number of nitrogens with zero attached hydrogens (tertiary/aromatic N) is 2. The molecule has 3 heterocycles. The first-order valence-electron chi connectivity index (χ1n) is 13.0. The summed E-state index contributed by atoms with van der Waals surface area (Å²) < 4.78 is 23.3. The second-order valence-corrected chi connectivity index (χ2v) is 11.1. The van der Waals surface area contributed by atoms with Crippen LogP contribution in [0.15, 0.2) is 54.1 Å². The second-order valence-electron chi connectivity index (χ2n) is 10.1. The number of thiazole rings is 1. The fourth-order valence-electron chi connectivity index (χ4n) is 5.45. The van der Waals surface area contributed by atoms with Crippen molar-refractivity contribution in [3.05, 3.63) is 76.4 Å². The van der Waals surface area contributed by atoms with Crippen LogP contribution in [-0.2, 0) is 16.0 Å². The van der Waals surface area contributed by atoms with E-state index >= 15 is 0 Å². The lowest BCUT2D eigenvalue weighted by molar-refractivity contribution is -0.132. The Bertz CT molecular complexity index is 1730. The molecule has 1 amide bonds. The molecule has 0 aliphatic carbocycles. The van der Waals surface area contributed by atoms with Gasteiger partial charge in [-0.1, -0.05) is 17.4 Å². The zero-order chi connectivity index (χ0) is 29.0. The number of hydrogen-bond donors (Lipinski definition) is 1. The first kappa shape index (κ1) is 26.6. The number of carbonyl (C=O) groups excluding carboxylic acids is 2. The number of anilines is 1. The Morgan fingerprint density at radius 2 is 1.76 bits per heavy atom. The average Bonchev–Trinajstić information content (AvgIpc) is 3.63. The zero-order valence-corrected chi connectivity index (χ0v) is 24.0. The number of fused-ring (bicyclic) bond motifs is 2. The highest BCUT2D eigenvalue weighted by Crippen LogP contribution is 2.48. The molecule has 0 unspecified atom stereocenters. The van der Waals surface area contributed by atoms with E-state index in [1.165, 1.54) is 37.6 Å². The molecule has 41 heavy (non-hydrogen) atoms. The highest BCUT2D eigenvalue weighted by molar-refractivity contribution is 7.22. The summed E-state index contributed by atoms with van der Waals surface area (Å²) in [6, 6.07) is 13.4. The minimum Gasteiger partial charge on any atom is -0.507 e. The van der Waals surface area contributed by atoms with Crippen LogP contribution in [0.3, 0.4) is 0 Å². The van der Waals surface area contributed by atoms with E-state index in [0.29, 0.717) is 45.4 Å². The molecule has 2 atom stereocenters. The van der Waals surface area contributed by atoms with Gasteiger partial charge in [0.05, 0.1) is 43.2 Å². The monoisotopic (exact) mass is 572 g/mol. The van der Waals surface area contributed by atoms with E-state index in [9.17, 15) is 14.7 Å². The third-order valence-electron chi connectivity index (χ3n) is 7.36. The Kier molecular flexibility index (Phi) is 6.57. The van der Waals surface area contributed by atoms with Crippen LogP contribution in [0.1, 0.15) is 35.2 Å². The van der Waals surface area contributed by atoms with Gasteiger partial charge < -0.3 is 24.1 Å². The van der Waals surface area contributed by atoms with E-state index in [-0.39, 0.29) is 17.4 Å². The number of aromatic nitrogens is 1. The van der Waals surface area contributed by atoms with Gasteiger partial charge in [-0.15, -0.1) is 0 Å². The molecule has 0 radical (unpaired) electrons. The van der Waals surface area contributed by atoms with Crippen molar-refractivity contribution in [2.75, 3.05) is 26.2 Å². The van der Waals surface area contributed by atoms with Crippen LogP contribution < -0.4 is 23.8 Å². The molecular weight excluding hydrogens is 544 g/mol. The molecule has 1 saturated heterocycles. The van der Waals surface area contributed by atoms with Crippen LogP contribution in [0.5, 0.6) is 23.0 Å². The van der Waals surface area contributed by atoms with Crippen molar-refractivity contribution in [3.8, 4) is 23.0 Å². The Labute approximate surface area is 240 Å². The van der Waals surface area contributed by atoms with Crippen molar-refractivity contribution < 1.29 is 33.6 Å². The van der Waals surface area contributed by atoms with E-state index < -0.39 is 17.7 Å². The number of ketones is 1. The quantitative estimate of drug-likeness (QED) is 0.181. The molecule has 210 valence electrons. The van der Waals surface area contributed by atoms with E-state index in [4.69, 9.17) is 23.9 Å². The van der Waals surface area contributed by atoms with Crippen LogP contribution >= 0.6 is 11.3 Å². The largest absolute Gasteiger partial charge is 0.507 e. The number of Topliss-reactive ketones (excluding diaryl/α,β-unsaturated/α-hetero) is 1. The predicted molar refractivity (Wildman–Crippen MR) is 155 cm³/mol. The lowest BCUT2D eigenvalue weighted by Gasteiger charge is -2.24. The van der Waals surface area contributed by atoms with Crippen molar-refractivity contribution in [2.45, 2.75) is 32.4 Å². The number of carbonyl (C=O) groups is 2. The summed E-state index contributed by atoms with van der Waals surface area (Å²) in [4.78, 5) is 33.5. The molecule has 0 spiro atoms. The molecule has 2 aliphatic rings. The van der Waals surface area contributed by atoms with E-state index in [1.54, 1.807) is 30.3 Å². The maximum atomic E-state index is 13.7. The van der Waals surface area contributed by atoms with Gasteiger partial charge in [-0.05, 0) is 73.0 Å². The topological polar surface area (TPSA) is 107 Å². The number of aryl methyl sites for hydroxylation is 1. The van der Waals surface area contributed by atoms with Gasteiger partial charge in [0.25, 0.3) is 5.78 Å². The van der Waals surface area contributed by atoms with Crippen molar-refractivity contribution in [1.82, 2.24) is 4.98 Å². The SMILES string of the molecule is COc1cc([C@H]2/C(=C(\O)c3ccc4c(c3)C[C@@H](C)O4)C(=O)C(=O)N2c2nc3ccc(C)cc3s2)cc(OC)c1OC. The predicted octanol–water partition coefficient (Wildman–Crippen LogP) is 5.58. The molecule has 1 fully saturated rings. The van der Waals surface area contributed by atoms with Gasteiger partial charge in [-0.2, -0.15) is 0 Å². The number of aliphatic hydroxyl groups is 1. The number of amides is 1. The Balaban J connectivity index is 1.59. The Morgan fingerprint density at radius 1 is 1.02 bits per heavy atom. The van der Waals surface area contributed by atoms with Crippen LogP contribution in [-0.4, -0.2) is 49.2 Å². The molecule has 0 bridgehead atoms. The number of rotatable bonds is 6. The lowest BCUT2D eigenvalue weighted by atomic mass is 9.94. The fraction of sp³-hybridized carbons (Fsp3) is 0.258. The zero-order valence-electron chi connectivity index (χ0n) is 23.2. The summed E-state index contributed by atoms with van der Waals surface area (Å²) in [5.41, 5.74) is 3.50. The molecule has 10 heteroatoms. The minimum absolute atomic E-state index is 0.00915. The molecule has 0 saturated carbocycles. The van der Waals surface area contributed by atoms with Gasteiger partial charge in [0.15, 0.2) is 16.6 Å². The first-order valence-corrected chi connectivity index (χ1v) is 13.8. The molecule has 4 aromatic rings. The number of methoxy groups -OCH3 is 3. The summed E-state index contributed by atoms with van der Waals surface area (Å²) in [5, 5.41) is 12.0. The second kappa shape index (κ2) is 10.1. The summed E-state index contributed by atoms with van der Waals surface area (Å²) in [7, 11) is 4.47. The Morgan fingerprint density at radius 3 is 2.44 bits per heavy atom. The summed E-state index contributed by atoms with van der Waals surface area (Å²) in [6.07, 6.45) is 0.682. The third kappa shape index (κ3) is 4.35. The molecular formula is C31H28N2O7S. The number of aliphatic hydroxyl groups excluding tert-OH is 1. The molecule has 3 aromatic carbocycles. The van der Waals surface area contributed by atoms with Gasteiger partial charge in [0.1, 0.15) is 17.6 Å². The highest BCUT2D eigenvalue weighted by atomic mass is 32.1. The van der Waals surface area contributed by atoms with Crippen molar-refractivity contribution in [2.24, 2.45) is 0 Å². The molecule has 2 aliphatic heterocycles. The maximum absolute atomic E-state index is 13.7. The van der Waals surface area contributed by atoms with Crippen LogP contribution in [0.2, 0.25) is 0 Å². The van der Waals surface area contributed by atoms with Crippen molar-refractivity contribution in [3.63, 3.8) is 0 Å². The first-order chi connectivity index (χ1) is 19.7. The lowest BCUT2D eigenvalue weighted by Crippen LogP contribution is -2.29. The molecule has 6 rings (SSSR count). The van der Waals surface area contributed by atoms with Gasteiger partial charge >= 0.3 is 5.91 Å². The number of ether oxygens (including phenoxy) is 4. The standard InChI is InChI=1S/C31H28N2O7S/c1-15-6-8-20-24(10-15)41-31(32-20)33-26(19-13-22(37-3)29(39-5)23(14-19)38-4)25(28(35)30(33)36)27(34)17-7-9-21-18(12-17)11-16(2)40-21/h6-10,12-14,16,26,34H,11H2,1-5H3/b27-25+/t16-,26+/m1/s1. The van der Waals surface area contributed by atoms with E-state index in [0.717, 1.165) is 21.6 Å². The fourth-order valence-corrected chi connectivity index (χ4v) is 6.54. The average molecular weight is 573 g/mol. The highest BCUT2D eigenvalue weighted by Gasteiger charge is 2.48. The number of benzene rings is 3. The minimum atomic E-state index is -1.02. The molecule has 1 N–H and O–H groups in total. The molecule has 9 nitrogen and oxygen atoms in total. The maximum Gasteiger partial charge on any atom is 0.301 e. The van der Waals surface area contributed by atoms with Gasteiger partial charge in [-0.3, -0.25) is 14.5 Å². The van der Waals surface area contributed by atoms with Gasteiger partial charge in [-0.25, -0.2) is 4.98 Å². The number of hydrogen-bond acceptors (Lipinski definition) is 9. The smallest absolute Gasteiger partial charge is 0.301 e. The third-order valence-corrected chi connectivity index (χ3v) is 8.37. The molecule has 1 aromatic heterocycles. The Hall–Kier alpha value is -4.57. The van der Waals surface area contributed by atoms with Gasteiger partial charge in [0, 0.05) is 12.0 Å². The normalized spacial score (nSPS) is 19.4. The van der Waals surface area contributed by atoms with Gasteiger partial charge in [0.2, 0.25) is 5.75 Å². The summed E-state index contributed by atoms with van der Waals surface area (Å²) in [5.74, 6) is -0.115. The van der Waals surface area contributed by atoms with Crippen molar-refractivity contribution in [1.29, 1.82) is 0 Å². The summed E-state index contributed by atoms with van der Waals surface area (Å²) >= 11 is 1.30. The van der Waals surface area contributed by atoms with E-state index in [2.05, 4.69) is 0 Å².